The fourth-order valence-electron chi connectivity index (χ4n) is 2.54. The third-order valence-corrected chi connectivity index (χ3v) is 3.67. The topological polar surface area (TPSA) is 63.5 Å². The van der Waals surface area contributed by atoms with Crippen molar-refractivity contribution in [2.24, 2.45) is 5.16 Å². The van der Waals surface area contributed by atoms with Crippen molar-refractivity contribution in [2.45, 2.75) is 13.5 Å². The molecule has 0 spiro atoms. The number of benzene rings is 2. The summed E-state index contributed by atoms with van der Waals surface area (Å²) in [5, 5.41) is 12.0. The SMILES string of the molecule is COOc1cc(C)c(OCCN(C)Cc2ccccc2)c(C=NO)c1. The van der Waals surface area contributed by atoms with Gasteiger partial charge in [-0.15, -0.1) is 0 Å². The van der Waals surface area contributed by atoms with Gasteiger partial charge in [-0.05, 0) is 37.2 Å². The van der Waals surface area contributed by atoms with Crippen LogP contribution in [0, 0.1) is 6.92 Å². The zero-order chi connectivity index (χ0) is 18.1. The average molecular weight is 344 g/mol. The summed E-state index contributed by atoms with van der Waals surface area (Å²) in [4.78, 5) is 11.9. The van der Waals surface area contributed by atoms with Crippen LogP contribution in [0.4, 0.5) is 0 Å². The lowest BCUT2D eigenvalue weighted by Crippen LogP contribution is -2.24. The van der Waals surface area contributed by atoms with E-state index in [1.54, 1.807) is 12.1 Å². The minimum Gasteiger partial charge on any atom is -0.491 e. The highest BCUT2D eigenvalue weighted by Gasteiger charge is 2.11. The molecule has 0 fully saturated rings. The van der Waals surface area contributed by atoms with Gasteiger partial charge in [-0.2, -0.15) is 4.89 Å². The summed E-state index contributed by atoms with van der Waals surface area (Å²) in [7, 11) is 3.48. The maximum Gasteiger partial charge on any atom is 0.166 e. The second kappa shape index (κ2) is 9.66. The van der Waals surface area contributed by atoms with Crippen LogP contribution in [0.25, 0.3) is 0 Å². The molecular formula is C19H24N2O4. The lowest BCUT2D eigenvalue weighted by molar-refractivity contribution is -0.178. The Bertz CT molecular complexity index is 689. The Balaban J connectivity index is 1.97. The van der Waals surface area contributed by atoms with E-state index in [1.807, 2.05) is 25.1 Å². The lowest BCUT2D eigenvalue weighted by Gasteiger charge is -2.18. The van der Waals surface area contributed by atoms with Crippen molar-refractivity contribution in [3.05, 3.63) is 59.2 Å². The van der Waals surface area contributed by atoms with Gasteiger partial charge in [0, 0.05) is 18.7 Å². The predicted octanol–water partition coefficient (Wildman–Crippen LogP) is 3.25. The van der Waals surface area contributed by atoms with E-state index < -0.39 is 0 Å². The molecule has 0 amide bonds. The van der Waals surface area contributed by atoms with Gasteiger partial charge in [0.25, 0.3) is 0 Å². The molecule has 2 rings (SSSR count). The van der Waals surface area contributed by atoms with Gasteiger partial charge < -0.3 is 14.8 Å². The number of aryl methyl sites for hydroxylation is 1. The highest BCUT2D eigenvalue weighted by Crippen LogP contribution is 2.28. The monoisotopic (exact) mass is 344 g/mol. The van der Waals surface area contributed by atoms with Crippen molar-refractivity contribution in [2.75, 3.05) is 27.3 Å². The van der Waals surface area contributed by atoms with E-state index in [0.717, 1.165) is 18.7 Å². The standard InChI is InChI=1S/C19H24N2O4/c1-15-11-18(25-23-3)12-17(13-20-22)19(15)24-10-9-21(2)14-16-7-5-4-6-8-16/h4-8,11-13,22H,9-10,14H2,1-3H3. The van der Waals surface area contributed by atoms with Gasteiger partial charge in [0.15, 0.2) is 5.75 Å². The summed E-state index contributed by atoms with van der Waals surface area (Å²) < 4.78 is 5.92. The minimum atomic E-state index is 0.515. The largest absolute Gasteiger partial charge is 0.491 e. The number of likely N-dealkylation sites (N-methyl/N-ethyl adjacent to an activating group) is 1. The number of rotatable bonds is 9. The second-order valence-electron chi connectivity index (χ2n) is 5.72. The van der Waals surface area contributed by atoms with E-state index in [9.17, 15) is 0 Å². The molecule has 134 valence electrons. The Labute approximate surface area is 148 Å². The number of hydrogen-bond donors (Lipinski definition) is 1. The number of oxime groups is 1. The molecule has 6 nitrogen and oxygen atoms in total. The van der Waals surface area contributed by atoms with Crippen molar-refractivity contribution in [1.82, 2.24) is 4.90 Å². The molecule has 0 saturated heterocycles. The van der Waals surface area contributed by atoms with E-state index in [2.05, 4.69) is 34.1 Å². The molecule has 0 saturated carbocycles. The maximum atomic E-state index is 8.87. The fraction of sp³-hybridized carbons (Fsp3) is 0.316. The smallest absolute Gasteiger partial charge is 0.166 e. The first kappa shape index (κ1) is 18.8. The van der Waals surface area contributed by atoms with Crippen molar-refractivity contribution in [1.29, 1.82) is 0 Å². The Kier molecular flexibility index (Phi) is 7.25. The normalized spacial score (nSPS) is 11.2. The quantitative estimate of drug-likeness (QED) is 0.327. The summed E-state index contributed by atoms with van der Waals surface area (Å²) in [6, 6.07) is 13.8. The summed E-state index contributed by atoms with van der Waals surface area (Å²) >= 11 is 0. The van der Waals surface area contributed by atoms with Gasteiger partial charge in [-0.1, -0.05) is 35.5 Å². The van der Waals surface area contributed by atoms with Crippen LogP contribution >= 0.6 is 0 Å². The second-order valence-corrected chi connectivity index (χ2v) is 5.72. The third-order valence-electron chi connectivity index (χ3n) is 3.67. The van der Waals surface area contributed by atoms with Gasteiger partial charge >= 0.3 is 0 Å². The first-order valence-corrected chi connectivity index (χ1v) is 8.02. The molecule has 0 atom stereocenters. The van der Waals surface area contributed by atoms with Crippen LogP contribution in [0.1, 0.15) is 16.7 Å². The fourth-order valence-corrected chi connectivity index (χ4v) is 2.54. The molecular weight excluding hydrogens is 320 g/mol. The number of nitrogens with zero attached hydrogens (tertiary/aromatic N) is 2. The Hall–Kier alpha value is -2.57. The first-order valence-electron chi connectivity index (χ1n) is 8.02. The summed E-state index contributed by atoms with van der Waals surface area (Å²) in [5.41, 5.74) is 2.76. The van der Waals surface area contributed by atoms with Crippen LogP contribution in [-0.2, 0) is 11.4 Å². The molecule has 2 aromatic rings. The Morgan fingerprint density at radius 2 is 1.96 bits per heavy atom. The van der Waals surface area contributed by atoms with E-state index >= 15 is 0 Å². The van der Waals surface area contributed by atoms with E-state index in [0.29, 0.717) is 23.7 Å². The molecule has 0 aliphatic rings. The molecule has 0 heterocycles. The number of hydrogen-bond acceptors (Lipinski definition) is 6. The van der Waals surface area contributed by atoms with Crippen LogP contribution in [0.2, 0.25) is 0 Å². The molecule has 6 heteroatoms. The molecule has 25 heavy (non-hydrogen) atoms. The van der Waals surface area contributed by atoms with Gasteiger partial charge in [-0.3, -0.25) is 4.90 Å². The zero-order valence-electron chi connectivity index (χ0n) is 14.8. The van der Waals surface area contributed by atoms with Gasteiger partial charge in [-0.25, -0.2) is 0 Å². The van der Waals surface area contributed by atoms with Crippen LogP contribution in [0.3, 0.4) is 0 Å². The van der Waals surface area contributed by atoms with Crippen LogP contribution in [0.5, 0.6) is 11.5 Å². The average Bonchev–Trinajstić information content (AvgIpc) is 2.58. The lowest BCUT2D eigenvalue weighted by atomic mass is 10.1. The molecule has 2 aromatic carbocycles. The molecule has 0 aliphatic carbocycles. The summed E-state index contributed by atoms with van der Waals surface area (Å²) in [6.45, 7) is 4.04. The molecule has 0 unspecified atom stereocenters. The third kappa shape index (κ3) is 5.77. The molecule has 0 aromatic heterocycles. The molecule has 1 N–H and O–H groups in total. The van der Waals surface area contributed by atoms with Crippen molar-refractivity contribution < 1.29 is 19.7 Å². The Morgan fingerprint density at radius 1 is 1.20 bits per heavy atom. The minimum absolute atomic E-state index is 0.515. The van der Waals surface area contributed by atoms with E-state index in [4.69, 9.17) is 14.8 Å². The predicted molar refractivity (Wildman–Crippen MR) is 96.5 cm³/mol. The highest BCUT2D eigenvalue weighted by molar-refractivity contribution is 5.84. The van der Waals surface area contributed by atoms with Crippen LogP contribution in [0.15, 0.2) is 47.6 Å². The van der Waals surface area contributed by atoms with Gasteiger partial charge in [0.05, 0.1) is 13.3 Å². The molecule has 0 radical (unpaired) electrons. The van der Waals surface area contributed by atoms with Crippen molar-refractivity contribution in [3.8, 4) is 11.5 Å². The van der Waals surface area contributed by atoms with Gasteiger partial charge in [0.1, 0.15) is 12.4 Å². The number of ether oxygens (including phenoxy) is 1. The zero-order valence-corrected chi connectivity index (χ0v) is 14.8. The Morgan fingerprint density at radius 3 is 2.64 bits per heavy atom. The van der Waals surface area contributed by atoms with Crippen LogP contribution in [-0.4, -0.2) is 43.6 Å². The molecule has 0 aliphatic heterocycles. The van der Waals surface area contributed by atoms with E-state index in [-0.39, 0.29) is 0 Å². The first-order chi connectivity index (χ1) is 12.1. The molecule has 0 bridgehead atoms. The van der Waals surface area contributed by atoms with Crippen molar-refractivity contribution >= 4 is 6.21 Å². The maximum absolute atomic E-state index is 8.87. The van der Waals surface area contributed by atoms with Gasteiger partial charge in [0.2, 0.25) is 0 Å². The highest BCUT2D eigenvalue weighted by atomic mass is 17.2. The summed E-state index contributed by atoms with van der Waals surface area (Å²) in [6.07, 6.45) is 1.32. The summed E-state index contributed by atoms with van der Waals surface area (Å²) in [5.74, 6) is 1.18. The van der Waals surface area contributed by atoms with E-state index in [1.165, 1.54) is 18.9 Å². The van der Waals surface area contributed by atoms with Crippen molar-refractivity contribution in [3.63, 3.8) is 0 Å². The van der Waals surface area contributed by atoms with Crippen LogP contribution < -0.4 is 9.62 Å².